The number of rotatable bonds is 6. The number of carbonyl (C=O) groups is 3. The van der Waals surface area contributed by atoms with Crippen LogP contribution < -0.4 is 11.1 Å². The average Bonchev–Trinajstić information content (AvgIpc) is 2.47. The molecule has 0 heterocycles. The topological polar surface area (TPSA) is 108 Å². The summed E-state index contributed by atoms with van der Waals surface area (Å²) in [6, 6.07) is 2.47. The zero-order valence-corrected chi connectivity index (χ0v) is 17.2. The van der Waals surface area contributed by atoms with Crippen molar-refractivity contribution in [3.8, 4) is 0 Å². The summed E-state index contributed by atoms with van der Waals surface area (Å²) in [5.74, 6) is -2.86. The van der Waals surface area contributed by atoms with Crippen molar-refractivity contribution in [3.05, 3.63) is 29.6 Å². The van der Waals surface area contributed by atoms with Crippen LogP contribution in [0, 0.1) is 5.82 Å². The van der Waals surface area contributed by atoms with Gasteiger partial charge in [-0.3, -0.25) is 9.59 Å². The molecule has 0 radical (unpaired) electrons. The third-order valence-electron chi connectivity index (χ3n) is 3.29. The van der Waals surface area contributed by atoms with Crippen LogP contribution in [-0.2, 0) is 19.1 Å². The van der Waals surface area contributed by atoms with Gasteiger partial charge in [-0.25, -0.2) is 9.18 Å². The number of hydrogen-bond donors (Lipinski definition) is 2. The fraction of sp³-hybridized carbons (Fsp3) is 0.550. The highest BCUT2D eigenvalue weighted by molar-refractivity contribution is 5.97. The van der Waals surface area contributed by atoms with E-state index in [9.17, 15) is 18.8 Å². The first-order valence-electron chi connectivity index (χ1n) is 8.98. The summed E-state index contributed by atoms with van der Waals surface area (Å²) in [5.41, 5.74) is 3.92. The summed E-state index contributed by atoms with van der Waals surface area (Å²) < 4.78 is 24.5. The molecule has 7 nitrogen and oxygen atoms in total. The van der Waals surface area contributed by atoms with E-state index in [0.717, 1.165) is 6.07 Å². The van der Waals surface area contributed by atoms with E-state index >= 15 is 0 Å². The van der Waals surface area contributed by atoms with E-state index in [-0.39, 0.29) is 24.1 Å². The summed E-state index contributed by atoms with van der Waals surface area (Å²) in [7, 11) is 0. The minimum absolute atomic E-state index is 0.0494. The van der Waals surface area contributed by atoms with Gasteiger partial charge in [0.15, 0.2) is 0 Å². The summed E-state index contributed by atoms with van der Waals surface area (Å²) in [6.07, 6.45) is -0.169. The molecule has 0 fully saturated rings. The molecule has 28 heavy (non-hydrogen) atoms. The Balaban J connectivity index is 2.92. The summed E-state index contributed by atoms with van der Waals surface area (Å²) in [5, 5.41) is 2.43. The molecule has 0 aliphatic rings. The van der Waals surface area contributed by atoms with E-state index in [1.54, 1.807) is 41.5 Å². The Kier molecular flexibility index (Phi) is 7.55. The number of nitrogens with one attached hydrogen (secondary N) is 1. The summed E-state index contributed by atoms with van der Waals surface area (Å²) in [4.78, 5) is 36.8. The molecule has 1 aromatic carbocycles. The molecule has 0 aliphatic heterocycles. The minimum Gasteiger partial charge on any atom is -0.460 e. The van der Waals surface area contributed by atoms with E-state index in [1.165, 1.54) is 12.1 Å². The molecule has 0 saturated carbocycles. The molecule has 0 spiro atoms. The largest absolute Gasteiger partial charge is 0.460 e. The van der Waals surface area contributed by atoms with Crippen molar-refractivity contribution in [3.63, 3.8) is 0 Å². The van der Waals surface area contributed by atoms with E-state index in [2.05, 4.69) is 5.32 Å². The normalized spacial score (nSPS) is 12.8. The number of amides is 1. The Bertz CT molecular complexity index is 735. The van der Waals surface area contributed by atoms with Crippen molar-refractivity contribution in [2.45, 2.75) is 71.6 Å². The lowest BCUT2D eigenvalue weighted by molar-refractivity contribution is -0.158. The summed E-state index contributed by atoms with van der Waals surface area (Å²) in [6.45, 7) is 10.2. The Hall–Kier alpha value is -2.64. The standard InChI is InChI=1S/C20H29FN2O5/c1-19(2,3)27-16(24)10-9-15(18(26)28-20(4,5)6)23-17(25)13-8-7-12(22)11-14(13)21/h7-8,11,15H,9-10,22H2,1-6H3,(H,23,25). The van der Waals surface area contributed by atoms with Crippen LogP contribution in [0.3, 0.4) is 0 Å². The predicted molar refractivity (Wildman–Crippen MR) is 103 cm³/mol. The second-order valence-corrected chi connectivity index (χ2v) is 8.42. The lowest BCUT2D eigenvalue weighted by Gasteiger charge is -2.25. The molecule has 8 heteroatoms. The molecule has 156 valence electrons. The van der Waals surface area contributed by atoms with Gasteiger partial charge in [0.05, 0.1) is 5.56 Å². The molecule has 0 bridgehead atoms. The molecule has 1 aromatic rings. The highest BCUT2D eigenvalue weighted by Gasteiger charge is 2.29. The maximum absolute atomic E-state index is 14.0. The van der Waals surface area contributed by atoms with Gasteiger partial charge in [-0.2, -0.15) is 0 Å². The predicted octanol–water partition coefficient (Wildman–Crippen LogP) is 2.97. The number of halogens is 1. The number of carbonyl (C=O) groups excluding carboxylic acids is 3. The molecular formula is C20H29FN2O5. The number of anilines is 1. The molecule has 1 rings (SSSR count). The van der Waals surface area contributed by atoms with Gasteiger partial charge in [-0.1, -0.05) is 0 Å². The van der Waals surface area contributed by atoms with Gasteiger partial charge in [-0.15, -0.1) is 0 Å². The highest BCUT2D eigenvalue weighted by atomic mass is 19.1. The van der Waals surface area contributed by atoms with Crippen molar-refractivity contribution in [2.75, 3.05) is 5.73 Å². The quantitative estimate of drug-likeness (QED) is 0.565. The van der Waals surface area contributed by atoms with Crippen LogP contribution in [0.15, 0.2) is 18.2 Å². The lowest BCUT2D eigenvalue weighted by atomic mass is 10.1. The molecule has 0 aliphatic carbocycles. The molecule has 1 unspecified atom stereocenters. The first kappa shape index (κ1) is 23.4. The second-order valence-electron chi connectivity index (χ2n) is 8.42. The van der Waals surface area contributed by atoms with Crippen LogP contribution in [0.25, 0.3) is 0 Å². The molecule has 0 aromatic heterocycles. The Morgan fingerprint density at radius 3 is 2.14 bits per heavy atom. The SMILES string of the molecule is CC(C)(C)OC(=O)CCC(NC(=O)c1ccc(N)cc1F)C(=O)OC(C)(C)C. The average molecular weight is 396 g/mol. The zero-order chi connectivity index (χ0) is 21.7. The van der Waals surface area contributed by atoms with Crippen molar-refractivity contribution in [1.29, 1.82) is 0 Å². The van der Waals surface area contributed by atoms with Crippen LogP contribution in [-0.4, -0.2) is 35.1 Å². The van der Waals surface area contributed by atoms with E-state index in [4.69, 9.17) is 15.2 Å². The summed E-state index contributed by atoms with van der Waals surface area (Å²) >= 11 is 0. The number of ether oxygens (including phenoxy) is 2. The molecule has 3 N–H and O–H groups in total. The molecular weight excluding hydrogens is 367 g/mol. The molecule has 1 amide bonds. The maximum atomic E-state index is 14.0. The lowest BCUT2D eigenvalue weighted by Crippen LogP contribution is -2.44. The van der Waals surface area contributed by atoms with Gasteiger partial charge in [-0.05, 0) is 66.2 Å². The zero-order valence-electron chi connectivity index (χ0n) is 17.2. The van der Waals surface area contributed by atoms with Crippen molar-refractivity contribution < 1.29 is 28.2 Å². The fourth-order valence-electron chi connectivity index (χ4n) is 2.23. The Morgan fingerprint density at radius 2 is 1.64 bits per heavy atom. The van der Waals surface area contributed by atoms with Gasteiger partial charge < -0.3 is 20.5 Å². The number of benzene rings is 1. The number of hydrogen-bond acceptors (Lipinski definition) is 6. The van der Waals surface area contributed by atoms with Crippen molar-refractivity contribution in [1.82, 2.24) is 5.32 Å². The first-order valence-corrected chi connectivity index (χ1v) is 8.98. The first-order chi connectivity index (χ1) is 12.7. The van der Waals surface area contributed by atoms with Crippen LogP contribution in [0.4, 0.5) is 10.1 Å². The van der Waals surface area contributed by atoms with E-state index < -0.39 is 40.9 Å². The minimum atomic E-state index is -1.14. The number of nitrogen functional groups attached to an aromatic ring is 1. The van der Waals surface area contributed by atoms with E-state index in [0.29, 0.717) is 0 Å². The van der Waals surface area contributed by atoms with E-state index in [1.807, 2.05) is 0 Å². The van der Waals surface area contributed by atoms with Crippen molar-refractivity contribution in [2.24, 2.45) is 0 Å². The van der Waals surface area contributed by atoms with Crippen LogP contribution in [0.1, 0.15) is 64.7 Å². The third kappa shape index (κ3) is 8.37. The van der Waals surface area contributed by atoms with Gasteiger partial charge in [0.2, 0.25) is 0 Å². The van der Waals surface area contributed by atoms with Crippen LogP contribution in [0.2, 0.25) is 0 Å². The smallest absolute Gasteiger partial charge is 0.329 e. The van der Waals surface area contributed by atoms with Crippen molar-refractivity contribution >= 4 is 23.5 Å². The van der Waals surface area contributed by atoms with Gasteiger partial charge >= 0.3 is 11.9 Å². The van der Waals surface area contributed by atoms with Gasteiger partial charge in [0, 0.05) is 12.1 Å². The monoisotopic (exact) mass is 396 g/mol. The molecule has 1 atom stereocenters. The Labute approximate surface area is 164 Å². The van der Waals surface area contributed by atoms with Crippen LogP contribution >= 0.6 is 0 Å². The van der Waals surface area contributed by atoms with Crippen LogP contribution in [0.5, 0.6) is 0 Å². The second kappa shape index (κ2) is 9.03. The maximum Gasteiger partial charge on any atom is 0.329 e. The third-order valence-corrected chi connectivity index (χ3v) is 3.29. The Morgan fingerprint density at radius 1 is 1.07 bits per heavy atom. The van der Waals surface area contributed by atoms with Gasteiger partial charge in [0.1, 0.15) is 23.1 Å². The fourth-order valence-corrected chi connectivity index (χ4v) is 2.23. The molecule has 0 saturated heterocycles. The number of esters is 2. The highest BCUT2D eigenvalue weighted by Crippen LogP contribution is 2.16. The van der Waals surface area contributed by atoms with Gasteiger partial charge in [0.25, 0.3) is 5.91 Å². The number of nitrogens with two attached hydrogens (primary N) is 1.